The molecule has 16 heavy (non-hydrogen) atoms. The first-order valence-electron chi connectivity index (χ1n) is 4.74. The van der Waals surface area contributed by atoms with Crippen LogP contribution in [0, 0.1) is 5.95 Å². The summed E-state index contributed by atoms with van der Waals surface area (Å²) in [7, 11) is 0. The fourth-order valence-electron chi connectivity index (χ4n) is 1.21. The third kappa shape index (κ3) is 2.79. The molecule has 0 aliphatic rings. The topological polar surface area (TPSA) is 22.1 Å². The van der Waals surface area contributed by atoms with Crippen molar-refractivity contribution >= 4 is 15.9 Å². The highest BCUT2D eigenvalue weighted by Gasteiger charge is 2.03. The maximum absolute atomic E-state index is 13.1. The van der Waals surface area contributed by atoms with E-state index in [4.69, 9.17) is 4.74 Å². The minimum absolute atomic E-state index is 0.282. The standard InChI is InChI=1S/C12H9BrFNO/c13-10-6-7-11(15-12(10)14)16-8-9-4-2-1-3-5-9/h1-7H,8H2. The first-order valence-corrected chi connectivity index (χ1v) is 5.54. The van der Waals surface area contributed by atoms with Crippen LogP contribution in [0.1, 0.15) is 5.56 Å². The summed E-state index contributed by atoms with van der Waals surface area (Å²) in [5.41, 5.74) is 1.02. The SMILES string of the molecule is Fc1nc(OCc2ccccc2)ccc1Br. The minimum atomic E-state index is -0.564. The Morgan fingerprint density at radius 3 is 2.56 bits per heavy atom. The molecule has 0 N–H and O–H groups in total. The van der Waals surface area contributed by atoms with Crippen LogP contribution in [0.15, 0.2) is 46.9 Å². The quantitative estimate of drug-likeness (QED) is 0.803. The number of halogens is 2. The van der Waals surface area contributed by atoms with Crippen molar-refractivity contribution in [3.63, 3.8) is 0 Å². The Balaban J connectivity index is 2.03. The van der Waals surface area contributed by atoms with Crippen LogP contribution in [0.25, 0.3) is 0 Å². The second-order valence-corrected chi connectivity index (χ2v) is 4.05. The monoisotopic (exact) mass is 281 g/mol. The maximum atomic E-state index is 13.1. The van der Waals surface area contributed by atoms with Crippen molar-refractivity contribution in [1.29, 1.82) is 0 Å². The predicted molar refractivity (Wildman–Crippen MR) is 62.7 cm³/mol. The van der Waals surface area contributed by atoms with Crippen LogP contribution in [-0.2, 0) is 6.61 Å². The molecule has 4 heteroatoms. The number of aromatic nitrogens is 1. The van der Waals surface area contributed by atoms with Crippen LogP contribution in [0.2, 0.25) is 0 Å². The molecule has 2 aromatic rings. The van der Waals surface area contributed by atoms with Crippen molar-refractivity contribution in [2.45, 2.75) is 6.61 Å². The number of rotatable bonds is 3. The number of pyridine rings is 1. The largest absolute Gasteiger partial charge is 0.473 e. The molecule has 1 heterocycles. The van der Waals surface area contributed by atoms with Gasteiger partial charge >= 0.3 is 0 Å². The van der Waals surface area contributed by atoms with E-state index in [1.807, 2.05) is 30.3 Å². The predicted octanol–water partition coefficient (Wildman–Crippen LogP) is 3.56. The summed E-state index contributed by atoms with van der Waals surface area (Å²) in [4.78, 5) is 3.65. The van der Waals surface area contributed by atoms with E-state index >= 15 is 0 Å². The molecule has 0 bridgehead atoms. The Bertz CT molecular complexity index is 476. The lowest BCUT2D eigenvalue weighted by Gasteiger charge is -2.05. The summed E-state index contributed by atoms with van der Waals surface area (Å²) in [5.74, 6) is -0.282. The van der Waals surface area contributed by atoms with Gasteiger partial charge in [-0.2, -0.15) is 9.37 Å². The highest BCUT2D eigenvalue weighted by atomic mass is 79.9. The fraction of sp³-hybridized carbons (Fsp3) is 0.0833. The number of hydrogen-bond donors (Lipinski definition) is 0. The van der Waals surface area contributed by atoms with E-state index in [9.17, 15) is 4.39 Å². The summed E-state index contributed by atoms with van der Waals surface area (Å²) < 4.78 is 18.8. The first-order chi connectivity index (χ1) is 7.75. The normalized spacial score (nSPS) is 10.1. The summed E-state index contributed by atoms with van der Waals surface area (Å²) in [6, 6.07) is 12.9. The molecule has 0 aliphatic carbocycles. The zero-order chi connectivity index (χ0) is 11.4. The number of hydrogen-bond acceptors (Lipinski definition) is 2. The third-order valence-corrected chi connectivity index (χ3v) is 2.60. The highest BCUT2D eigenvalue weighted by molar-refractivity contribution is 9.10. The second kappa shape index (κ2) is 5.07. The van der Waals surface area contributed by atoms with Crippen molar-refractivity contribution < 1.29 is 9.13 Å². The van der Waals surface area contributed by atoms with Gasteiger partial charge in [0.15, 0.2) is 0 Å². The lowest BCUT2D eigenvalue weighted by atomic mass is 10.2. The van der Waals surface area contributed by atoms with Gasteiger partial charge in [-0.1, -0.05) is 30.3 Å². The molecule has 82 valence electrons. The van der Waals surface area contributed by atoms with Gasteiger partial charge in [0.1, 0.15) is 6.61 Å². The Kier molecular flexibility index (Phi) is 3.51. The molecule has 0 amide bonds. The van der Waals surface area contributed by atoms with E-state index in [2.05, 4.69) is 20.9 Å². The van der Waals surface area contributed by atoms with Crippen LogP contribution in [0.4, 0.5) is 4.39 Å². The number of nitrogens with zero attached hydrogens (tertiary/aromatic N) is 1. The van der Waals surface area contributed by atoms with Gasteiger partial charge in [0.05, 0.1) is 4.47 Å². The van der Waals surface area contributed by atoms with Crippen LogP contribution in [0.3, 0.4) is 0 Å². The lowest BCUT2D eigenvalue weighted by molar-refractivity contribution is 0.289. The average molecular weight is 282 g/mol. The van der Waals surface area contributed by atoms with Crippen molar-refractivity contribution in [3.8, 4) is 5.88 Å². The molecule has 0 saturated heterocycles. The van der Waals surface area contributed by atoms with Crippen LogP contribution >= 0.6 is 15.9 Å². The molecular weight excluding hydrogens is 273 g/mol. The molecule has 0 radical (unpaired) electrons. The zero-order valence-corrected chi connectivity index (χ0v) is 9.95. The van der Waals surface area contributed by atoms with E-state index in [1.54, 1.807) is 12.1 Å². The van der Waals surface area contributed by atoms with Crippen molar-refractivity contribution in [3.05, 3.63) is 58.4 Å². The minimum Gasteiger partial charge on any atom is -0.473 e. The van der Waals surface area contributed by atoms with E-state index in [0.29, 0.717) is 11.1 Å². The summed E-state index contributed by atoms with van der Waals surface area (Å²) in [5, 5.41) is 0. The molecule has 0 saturated carbocycles. The Hall–Kier alpha value is -1.42. The van der Waals surface area contributed by atoms with Gasteiger partial charge in [-0.15, -0.1) is 0 Å². The van der Waals surface area contributed by atoms with E-state index in [0.717, 1.165) is 5.56 Å². The van der Waals surface area contributed by atoms with Crippen LogP contribution < -0.4 is 4.74 Å². The molecule has 2 rings (SSSR count). The summed E-state index contributed by atoms with van der Waals surface area (Å²) >= 11 is 3.03. The van der Waals surface area contributed by atoms with E-state index in [-0.39, 0.29) is 5.88 Å². The van der Waals surface area contributed by atoms with E-state index < -0.39 is 5.95 Å². The fourth-order valence-corrected chi connectivity index (χ4v) is 1.43. The molecule has 1 aromatic heterocycles. The van der Waals surface area contributed by atoms with Crippen molar-refractivity contribution in [1.82, 2.24) is 4.98 Å². The molecule has 1 aromatic carbocycles. The molecule has 0 spiro atoms. The van der Waals surface area contributed by atoms with Gasteiger partial charge < -0.3 is 4.74 Å². The van der Waals surface area contributed by atoms with Gasteiger partial charge in [-0.05, 0) is 27.6 Å². The Morgan fingerprint density at radius 2 is 1.88 bits per heavy atom. The molecular formula is C12H9BrFNO. The number of ether oxygens (including phenoxy) is 1. The van der Waals surface area contributed by atoms with Crippen LogP contribution in [0.5, 0.6) is 5.88 Å². The third-order valence-electron chi connectivity index (χ3n) is 2.01. The van der Waals surface area contributed by atoms with E-state index in [1.165, 1.54) is 0 Å². The molecule has 2 nitrogen and oxygen atoms in total. The van der Waals surface area contributed by atoms with Gasteiger partial charge in [-0.3, -0.25) is 0 Å². The molecule has 0 atom stereocenters. The molecule has 0 unspecified atom stereocenters. The van der Waals surface area contributed by atoms with Gasteiger partial charge in [0, 0.05) is 6.07 Å². The van der Waals surface area contributed by atoms with Gasteiger partial charge in [-0.25, -0.2) is 0 Å². The second-order valence-electron chi connectivity index (χ2n) is 3.20. The Morgan fingerprint density at radius 1 is 1.12 bits per heavy atom. The van der Waals surface area contributed by atoms with Gasteiger partial charge in [0.2, 0.25) is 11.8 Å². The van der Waals surface area contributed by atoms with Crippen molar-refractivity contribution in [2.24, 2.45) is 0 Å². The smallest absolute Gasteiger partial charge is 0.230 e. The summed E-state index contributed by atoms with van der Waals surface area (Å²) in [6.07, 6.45) is 0. The summed E-state index contributed by atoms with van der Waals surface area (Å²) in [6.45, 7) is 0.384. The Labute approximate surface area is 101 Å². The average Bonchev–Trinajstić information content (AvgIpc) is 2.32. The van der Waals surface area contributed by atoms with Crippen molar-refractivity contribution in [2.75, 3.05) is 0 Å². The number of benzene rings is 1. The molecule has 0 fully saturated rings. The first kappa shape index (κ1) is 11.1. The highest BCUT2D eigenvalue weighted by Crippen LogP contribution is 2.17. The van der Waals surface area contributed by atoms with Crippen LogP contribution in [-0.4, -0.2) is 4.98 Å². The molecule has 0 aliphatic heterocycles. The zero-order valence-electron chi connectivity index (χ0n) is 8.36. The van der Waals surface area contributed by atoms with Gasteiger partial charge in [0.25, 0.3) is 0 Å². The maximum Gasteiger partial charge on any atom is 0.230 e. The lowest BCUT2D eigenvalue weighted by Crippen LogP contribution is -1.98.